The van der Waals surface area contributed by atoms with Crippen molar-refractivity contribution in [2.75, 3.05) is 33.7 Å². The van der Waals surface area contributed by atoms with Crippen LogP contribution in [0.2, 0.25) is 0 Å². The van der Waals surface area contributed by atoms with E-state index in [1.807, 2.05) is 31.3 Å². The van der Waals surface area contributed by atoms with E-state index >= 15 is 0 Å². The summed E-state index contributed by atoms with van der Waals surface area (Å²) in [5.41, 5.74) is 0. The molecule has 1 aliphatic rings. The van der Waals surface area contributed by atoms with Gasteiger partial charge in [-0.05, 0) is 30.9 Å². The first-order chi connectivity index (χ1) is 10.6. The van der Waals surface area contributed by atoms with Crippen LogP contribution in [0.25, 0.3) is 6.08 Å². The van der Waals surface area contributed by atoms with Crippen LogP contribution >= 0.6 is 0 Å². The van der Waals surface area contributed by atoms with Crippen LogP contribution in [0, 0.1) is 10.1 Å². The molecule has 2 heterocycles. The molecule has 0 spiro atoms. The number of nitrogens with zero attached hydrogens (tertiary/aromatic N) is 5. The zero-order valence-electron chi connectivity index (χ0n) is 13.4. The number of rotatable bonds is 6. The maximum atomic E-state index is 11.2. The highest BCUT2D eigenvalue weighted by Crippen LogP contribution is 2.16. The first kappa shape index (κ1) is 16.5. The van der Waals surface area contributed by atoms with Gasteiger partial charge in [0.05, 0.1) is 0 Å². The Morgan fingerprint density at radius 1 is 1.27 bits per heavy atom. The number of imidazole rings is 1. The standard InChI is InChI=1S/C15H25N5O2/c1-17(2)10-7-14-16-13-15(20(21)22)19(14)12-11-18-8-5-3-4-6-9-18/h7,10,13H,3-6,8-9,11-12H2,1-2H3. The smallest absolute Gasteiger partial charge is 0.343 e. The SMILES string of the molecule is CN(C)C=Cc1ncc([N+](=O)[O-])n1CCN1CCCCCC1. The fourth-order valence-electron chi connectivity index (χ4n) is 2.71. The molecule has 22 heavy (non-hydrogen) atoms. The van der Waals surface area contributed by atoms with E-state index in [0.717, 1.165) is 19.6 Å². The van der Waals surface area contributed by atoms with Gasteiger partial charge in [-0.15, -0.1) is 0 Å². The minimum atomic E-state index is -0.359. The lowest BCUT2D eigenvalue weighted by atomic mass is 10.2. The van der Waals surface area contributed by atoms with Gasteiger partial charge >= 0.3 is 5.82 Å². The Kier molecular flexibility index (Phi) is 5.94. The van der Waals surface area contributed by atoms with Crippen LogP contribution in [0.15, 0.2) is 12.4 Å². The van der Waals surface area contributed by atoms with Crippen molar-refractivity contribution in [2.24, 2.45) is 0 Å². The summed E-state index contributed by atoms with van der Waals surface area (Å²) in [6.45, 7) is 3.61. The first-order valence-corrected chi connectivity index (χ1v) is 7.85. The highest BCUT2D eigenvalue weighted by atomic mass is 16.6. The van der Waals surface area contributed by atoms with Gasteiger partial charge in [0, 0.05) is 32.9 Å². The number of nitro groups is 1. The van der Waals surface area contributed by atoms with Crippen LogP contribution in [0.3, 0.4) is 0 Å². The van der Waals surface area contributed by atoms with E-state index in [1.165, 1.54) is 31.9 Å². The van der Waals surface area contributed by atoms with Crippen molar-refractivity contribution < 1.29 is 4.92 Å². The lowest BCUT2D eigenvalue weighted by Gasteiger charge is -2.18. The van der Waals surface area contributed by atoms with Crippen molar-refractivity contribution in [3.05, 3.63) is 28.3 Å². The van der Waals surface area contributed by atoms with E-state index in [4.69, 9.17) is 0 Å². The average molecular weight is 307 g/mol. The molecule has 122 valence electrons. The molecule has 0 atom stereocenters. The Balaban J connectivity index is 2.09. The predicted octanol–water partition coefficient (Wildman–Crippen LogP) is 2.20. The van der Waals surface area contributed by atoms with Crippen LogP contribution in [-0.2, 0) is 6.54 Å². The molecular formula is C15H25N5O2. The molecule has 0 saturated carbocycles. The molecule has 0 radical (unpaired) electrons. The fraction of sp³-hybridized carbons (Fsp3) is 0.667. The lowest BCUT2D eigenvalue weighted by molar-refractivity contribution is -0.392. The number of aromatic nitrogens is 2. The van der Waals surface area contributed by atoms with E-state index in [9.17, 15) is 10.1 Å². The van der Waals surface area contributed by atoms with Crippen LogP contribution < -0.4 is 0 Å². The van der Waals surface area contributed by atoms with Crippen molar-refractivity contribution in [3.63, 3.8) is 0 Å². The minimum absolute atomic E-state index is 0.0632. The topological polar surface area (TPSA) is 67.4 Å². The lowest BCUT2D eigenvalue weighted by Crippen LogP contribution is -2.29. The first-order valence-electron chi connectivity index (χ1n) is 7.85. The molecule has 7 nitrogen and oxygen atoms in total. The van der Waals surface area contributed by atoms with Gasteiger partial charge < -0.3 is 15.0 Å². The highest BCUT2D eigenvalue weighted by Gasteiger charge is 2.19. The number of likely N-dealkylation sites (tertiary alicyclic amines) is 1. The summed E-state index contributed by atoms with van der Waals surface area (Å²) >= 11 is 0. The molecule has 1 saturated heterocycles. The largest absolute Gasteiger partial charge is 0.383 e. The molecule has 1 aliphatic heterocycles. The molecule has 0 bridgehead atoms. The van der Waals surface area contributed by atoms with Gasteiger partial charge in [0.1, 0.15) is 12.7 Å². The van der Waals surface area contributed by atoms with E-state index in [0.29, 0.717) is 12.4 Å². The second kappa shape index (κ2) is 7.93. The summed E-state index contributed by atoms with van der Waals surface area (Å²) in [4.78, 5) is 19.3. The maximum absolute atomic E-state index is 11.2. The quantitative estimate of drug-likeness (QED) is 0.595. The van der Waals surface area contributed by atoms with Crippen LogP contribution in [-0.4, -0.2) is 58.0 Å². The fourth-order valence-corrected chi connectivity index (χ4v) is 2.71. The van der Waals surface area contributed by atoms with Gasteiger partial charge in [-0.25, -0.2) is 9.55 Å². The summed E-state index contributed by atoms with van der Waals surface area (Å²) < 4.78 is 1.70. The zero-order chi connectivity index (χ0) is 15.9. The molecule has 1 aromatic heterocycles. The molecule has 0 aromatic carbocycles. The Labute approximate surface area is 131 Å². The molecule has 0 N–H and O–H groups in total. The summed E-state index contributed by atoms with van der Waals surface area (Å²) in [5, 5.41) is 11.2. The molecule has 1 aromatic rings. The Morgan fingerprint density at radius 3 is 2.55 bits per heavy atom. The minimum Gasteiger partial charge on any atom is -0.383 e. The van der Waals surface area contributed by atoms with Crippen LogP contribution in [0.1, 0.15) is 31.5 Å². The van der Waals surface area contributed by atoms with Crippen molar-refractivity contribution in [2.45, 2.75) is 32.2 Å². The third-order valence-corrected chi connectivity index (χ3v) is 3.91. The second-order valence-electron chi connectivity index (χ2n) is 5.92. The van der Waals surface area contributed by atoms with Gasteiger partial charge in [0.15, 0.2) is 0 Å². The average Bonchev–Trinajstić information content (AvgIpc) is 2.69. The van der Waals surface area contributed by atoms with Crippen molar-refractivity contribution in [1.82, 2.24) is 19.4 Å². The molecule has 0 aliphatic carbocycles. The normalized spacial score (nSPS) is 16.8. The molecular weight excluding hydrogens is 282 g/mol. The van der Waals surface area contributed by atoms with E-state index < -0.39 is 0 Å². The third kappa shape index (κ3) is 4.56. The van der Waals surface area contributed by atoms with Gasteiger partial charge in [0.25, 0.3) is 0 Å². The van der Waals surface area contributed by atoms with Crippen molar-refractivity contribution in [1.29, 1.82) is 0 Å². The maximum Gasteiger partial charge on any atom is 0.343 e. The van der Waals surface area contributed by atoms with Crippen molar-refractivity contribution in [3.8, 4) is 0 Å². The van der Waals surface area contributed by atoms with Crippen LogP contribution in [0.5, 0.6) is 0 Å². The second-order valence-corrected chi connectivity index (χ2v) is 5.92. The Morgan fingerprint density at radius 2 is 1.95 bits per heavy atom. The predicted molar refractivity (Wildman–Crippen MR) is 86.5 cm³/mol. The van der Waals surface area contributed by atoms with E-state index in [2.05, 4.69) is 9.88 Å². The Bertz CT molecular complexity index is 516. The highest BCUT2D eigenvalue weighted by molar-refractivity contribution is 5.43. The number of hydrogen-bond acceptors (Lipinski definition) is 5. The molecule has 7 heteroatoms. The molecule has 0 amide bonds. The van der Waals surface area contributed by atoms with Gasteiger partial charge in [0.2, 0.25) is 5.82 Å². The zero-order valence-corrected chi connectivity index (χ0v) is 13.4. The van der Waals surface area contributed by atoms with E-state index in [-0.39, 0.29) is 10.7 Å². The van der Waals surface area contributed by atoms with Gasteiger partial charge in [-0.3, -0.25) is 4.90 Å². The summed E-state index contributed by atoms with van der Waals surface area (Å²) in [5.74, 6) is 0.698. The summed E-state index contributed by atoms with van der Waals surface area (Å²) in [7, 11) is 3.82. The summed E-state index contributed by atoms with van der Waals surface area (Å²) in [6.07, 6.45) is 10.0. The molecule has 0 unspecified atom stereocenters. The van der Waals surface area contributed by atoms with Gasteiger partial charge in [-0.2, -0.15) is 0 Å². The molecule has 1 fully saturated rings. The third-order valence-electron chi connectivity index (χ3n) is 3.91. The Hall–Kier alpha value is -1.89. The van der Waals surface area contributed by atoms with E-state index in [1.54, 1.807) is 4.57 Å². The number of hydrogen-bond donors (Lipinski definition) is 0. The monoisotopic (exact) mass is 307 g/mol. The molecule has 2 rings (SSSR count). The van der Waals surface area contributed by atoms with Gasteiger partial charge in [-0.1, -0.05) is 12.8 Å². The summed E-state index contributed by atoms with van der Waals surface area (Å²) in [6, 6.07) is 0. The van der Waals surface area contributed by atoms with Crippen molar-refractivity contribution >= 4 is 11.9 Å². The van der Waals surface area contributed by atoms with Crippen LogP contribution in [0.4, 0.5) is 5.82 Å².